The maximum Gasteiger partial charge on any atom is 0.193 e. The van der Waals surface area contributed by atoms with Crippen LogP contribution in [0.15, 0.2) is 47.5 Å². The first-order chi connectivity index (χ1) is 11.7. The Morgan fingerprint density at radius 2 is 1.64 bits per heavy atom. The fraction of sp³-hybridized carbons (Fsp3) is 0.316. The SMILES string of the molecule is CCc1ccc(NC(N)=NCCc2ccc(OC)c(OC)c2)cc1.I. The number of aryl methyl sites for hydroxylation is 1. The molecule has 0 spiro atoms. The Labute approximate surface area is 166 Å². The minimum Gasteiger partial charge on any atom is -0.493 e. The van der Waals surface area contributed by atoms with Gasteiger partial charge in [-0.15, -0.1) is 24.0 Å². The van der Waals surface area contributed by atoms with Crippen molar-refractivity contribution >= 4 is 35.6 Å². The van der Waals surface area contributed by atoms with Gasteiger partial charge in [0.2, 0.25) is 0 Å². The van der Waals surface area contributed by atoms with Crippen molar-refractivity contribution in [2.75, 3.05) is 26.1 Å². The van der Waals surface area contributed by atoms with Crippen LogP contribution in [-0.2, 0) is 12.8 Å². The molecule has 0 aliphatic rings. The van der Waals surface area contributed by atoms with E-state index in [0.29, 0.717) is 12.5 Å². The van der Waals surface area contributed by atoms with Crippen LogP contribution < -0.4 is 20.5 Å². The molecule has 2 rings (SSSR count). The van der Waals surface area contributed by atoms with Crippen LogP contribution in [0.4, 0.5) is 5.69 Å². The largest absolute Gasteiger partial charge is 0.493 e. The number of ether oxygens (including phenoxy) is 2. The van der Waals surface area contributed by atoms with Crippen LogP contribution in [0.25, 0.3) is 0 Å². The van der Waals surface area contributed by atoms with E-state index in [1.54, 1.807) is 14.2 Å². The average molecular weight is 455 g/mol. The summed E-state index contributed by atoms with van der Waals surface area (Å²) in [5.74, 6) is 1.86. The van der Waals surface area contributed by atoms with E-state index in [4.69, 9.17) is 15.2 Å². The molecule has 0 aromatic heterocycles. The molecule has 2 aromatic carbocycles. The maximum absolute atomic E-state index is 5.94. The number of nitrogens with two attached hydrogens (primary N) is 1. The lowest BCUT2D eigenvalue weighted by Crippen LogP contribution is -2.23. The zero-order valence-electron chi connectivity index (χ0n) is 14.9. The minimum atomic E-state index is 0. The summed E-state index contributed by atoms with van der Waals surface area (Å²) in [6, 6.07) is 14.0. The van der Waals surface area contributed by atoms with Gasteiger partial charge in [0.1, 0.15) is 0 Å². The summed E-state index contributed by atoms with van der Waals surface area (Å²) in [4.78, 5) is 4.37. The van der Waals surface area contributed by atoms with Crippen LogP contribution in [0.3, 0.4) is 0 Å². The van der Waals surface area contributed by atoms with Gasteiger partial charge < -0.3 is 20.5 Å². The number of anilines is 1. The highest BCUT2D eigenvalue weighted by Gasteiger charge is 2.04. The van der Waals surface area contributed by atoms with Crippen LogP contribution >= 0.6 is 24.0 Å². The molecule has 0 saturated heterocycles. The van der Waals surface area contributed by atoms with Crippen molar-refractivity contribution in [2.24, 2.45) is 10.7 Å². The molecule has 0 atom stereocenters. The molecule has 0 aliphatic carbocycles. The van der Waals surface area contributed by atoms with E-state index < -0.39 is 0 Å². The molecule has 0 amide bonds. The van der Waals surface area contributed by atoms with E-state index >= 15 is 0 Å². The quantitative estimate of drug-likeness (QED) is 0.378. The topological polar surface area (TPSA) is 68.9 Å². The predicted octanol–water partition coefficient (Wildman–Crippen LogP) is 3.85. The summed E-state index contributed by atoms with van der Waals surface area (Å²) in [6.45, 7) is 2.73. The summed E-state index contributed by atoms with van der Waals surface area (Å²) in [5, 5.41) is 3.10. The van der Waals surface area contributed by atoms with Crippen molar-refractivity contribution < 1.29 is 9.47 Å². The Bertz CT molecular complexity index is 688. The average Bonchev–Trinajstić information content (AvgIpc) is 2.62. The molecule has 136 valence electrons. The number of hydrogen-bond donors (Lipinski definition) is 2. The smallest absolute Gasteiger partial charge is 0.193 e. The maximum atomic E-state index is 5.94. The monoisotopic (exact) mass is 455 g/mol. The van der Waals surface area contributed by atoms with Crippen LogP contribution in [0.2, 0.25) is 0 Å². The fourth-order valence-corrected chi connectivity index (χ4v) is 2.35. The zero-order chi connectivity index (χ0) is 17.4. The molecule has 6 heteroatoms. The molecule has 0 heterocycles. The number of methoxy groups -OCH3 is 2. The van der Waals surface area contributed by atoms with Crippen LogP contribution in [0, 0.1) is 0 Å². The lowest BCUT2D eigenvalue weighted by molar-refractivity contribution is 0.354. The summed E-state index contributed by atoms with van der Waals surface area (Å²) < 4.78 is 10.5. The molecule has 0 fully saturated rings. The van der Waals surface area contributed by atoms with Crippen molar-refractivity contribution in [3.05, 3.63) is 53.6 Å². The molecule has 25 heavy (non-hydrogen) atoms. The molecule has 0 saturated carbocycles. The number of guanidine groups is 1. The van der Waals surface area contributed by atoms with Crippen molar-refractivity contribution in [1.29, 1.82) is 0 Å². The lowest BCUT2D eigenvalue weighted by Gasteiger charge is -2.09. The number of halogens is 1. The third-order valence-corrected chi connectivity index (χ3v) is 3.77. The first-order valence-corrected chi connectivity index (χ1v) is 8.03. The van der Waals surface area contributed by atoms with Gasteiger partial charge in [0.15, 0.2) is 17.5 Å². The molecule has 0 aliphatic heterocycles. The van der Waals surface area contributed by atoms with E-state index in [2.05, 4.69) is 29.4 Å². The second-order valence-corrected chi connectivity index (χ2v) is 5.38. The first kappa shape index (κ1) is 21.1. The van der Waals surface area contributed by atoms with Crippen LogP contribution in [-0.4, -0.2) is 26.7 Å². The van der Waals surface area contributed by atoms with Crippen molar-refractivity contribution in [3.63, 3.8) is 0 Å². The minimum absolute atomic E-state index is 0. The van der Waals surface area contributed by atoms with Crippen LogP contribution in [0.1, 0.15) is 18.1 Å². The normalized spacial score (nSPS) is 10.8. The van der Waals surface area contributed by atoms with E-state index in [9.17, 15) is 0 Å². The number of benzene rings is 2. The van der Waals surface area contributed by atoms with E-state index in [1.165, 1.54) is 5.56 Å². The van der Waals surface area contributed by atoms with Gasteiger partial charge >= 0.3 is 0 Å². The second-order valence-electron chi connectivity index (χ2n) is 5.38. The van der Waals surface area contributed by atoms with Gasteiger partial charge in [-0.05, 0) is 48.2 Å². The number of aliphatic imine (C=N–C) groups is 1. The van der Waals surface area contributed by atoms with Gasteiger partial charge in [-0.1, -0.05) is 25.1 Å². The summed E-state index contributed by atoms with van der Waals surface area (Å²) in [6.07, 6.45) is 1.80. The molecule has 5 nitrogen and oxygen atoms in total. The fourth-order valence-electron chi connectivity index (χ4n) is 2.35. The molecule has 0 bridgehead atoms. The molecular formula is C19H26IN3O2. The Kier molecular flexibility index (Phi) is 9.12. The molecule has 3 N–H and O–H groups in total. The van der Waals surface area contributed by atoms with Crippen molar-refractivity contribution in [1.82, 2.24) is 0 Å². The lowest BCUT2D eigenvalue weighted by atomic mass is 10.1. The summed E-state index contributed by atoms with van der Waals surface area (Å²) >= 11 is 0. The number of rotatable bonds is 7. The highest BCUT2D eigenvalue weighted by atomic mass is 127. The predicted molar refractivity (Wildman–Crippen MR) is 115 cm³/mol. The number of hydrogen-bond acceptors (Lipinski definition) is 3. The number of nitrogens with one attached hydrogen (secondary N) is 1. The third-order valence-electron chi connectivity index (χ3n) is 3.77. The van der Waals surface area contributed by atoms with E-state index in [-0.39, 0.29) is 24.0 Å². The Balaban J connectivity index is 0.00000312. The highest BCUT2D eigenvalue weighted by Crippen LogP contribution is 2.27. The third kappa shape index (κ3) is 6.45. The Hall–Kier alpha value is -1.96. The standard InChI is InChI=1S/C19H25N3O2.HI/c1-4-14-5-8-16(9-6-14)22-19(20)21-12-11-15-7-10-17(23-2)18(13-15)24-3;/h5-10,13H,4,11-12H2,1-3H3,(H3,20,21,22);1H. The van der Waals surface area contributed by atoms with E-state index in [0.717, 1.165) is 35.6 Å². The van der Waals surface area contributed by atoms with Gasteiger partial charge in [0.05, 0.1) is 14.2 Å². The summed E-state index contributed by atoms with van der Waals surface area (Å²) in [7, 11) is 3.26. The van der Waals surface area contributed by atoms with Crippen molar-refractivity contribution in [3.8, 4) is 11.5 Å². The molecule has 2 aromatic rings. The van der Waals surface area contributed by atoms with Gasteiger partial charge in [-0.2, -0.15) is 0 Å². The molecule has 0 radical (unpaired) electrons. The summed E-state index contributed by atoms with van der Waals surface area (Å²) in [5.41, 5.74) is 9.30. The molecular weight excluding hydrogens is 429 g/mol. The highest BCUT2D eigenvalue weighted by molar-refractivity contribution is 14.0. The first-order valence-electron chi connectivity index (χ1n) is 8.03. The van der Waals surface area contributed by atoms with Gasteiger partial charge in [-0.3, -0.25) is 4.99 Å². The van der Waals surface area contributed by atoms with E-state index in [1.807, 2.05) is 30.3 Å². The van der Waals surface area contributed by atoms with Crippen molar-refractivity contribution in [2.45, 2.75) is 19.8 Å². The van der Waals surface area contributed by atoms with Gasteiger partial charge in [0.25, 0.3) is 0 Å². The number of nitrogens with zero attached hydrogens (tertiary/aromatic N) is 1. The Morgan fingerprint density at radius 3 is 2.24 bits per heavy atom. The Morgan fingerprint density at radius 1 is 1.00 bits per heavy atom. The van der Waals surface area contributed by atoms with Gasteiger partial charge in [-0.25, -0.2) is 0 Å². The zero-order valence-corrected chi connectivity index (χ0v) is 17.2. The van der Waals surface area contributed by atoms with Gasteiger partial charge in [0, 0.05) is 12.2 Å². The second kappa shape index (κ2) is 10.8. The van der Waals surface area contributed by atoms with Crippen LogP contribution in [0.5, 0.6) is 11.5 Å². The molecule has 0 unspecified atom stereocenters.